The summed E-state index contributed by atoms with van der Waals surface area (Å²) in [4.78, 5) is 4.04. The summed E-state index contributed by atoms with van der Waals surface area (Å²) in [7, 11) is 1.92. The van der Waals surface area contributed by atoms with E-state index in [9.17, 15) is 0 Å². The average molecular weight is 277 g/mol. The van der Waals surface area contributed by atoms with Gasteiger partial charge in [-0.25, -0.2) is 0 Å². The number of nitrogens with two attached hydrogens (primary N) is 1. The Morgan fingerprint density at radius 1 is 1.53 bits per heavy atom. The van der Waals surface area contributed by atoms with E-state index in [0.717, 1.165) is 22.0 Å². The molecule has 0 saturated heterocycles. The van der Waals surface area contributed by atoms with Crippen LogP contribution in [0.5, 0.6) is 0 Å². The number of nitrogens with zero attached hydrogens (tertiary/aromatic N) is 4. The van der Waals surface area contributed by atoms with Crippen LogP contribution in [0.2, 0.25) is 0 Å². The summed E-state index contributed by atoms with van der Waals surface area (Å²) >= 11 is 1.68. The Bertz CT molecular complexity index is 608. The van der Waals surface area contributed by atoms with Gasteiger partial charge < -0.3 is 10.9 Å². The van der Waals surface area contributed by atoms with Crippen LogP contribution in [0, 0.1) is 6.92 Å². The highest BCUT2D eigenvalue weighted by Crippen LogP contribution is 2.22. The molecule has 0 fully saturated rings. The predicted octanol–water partition coefficient (Wildman–Crippen LogP) is 1.51. The second kappa shape index (κ2) is 5.75. The van der Waals surface area contributed by atoms with Crippen molar-refractivity contribution in [3.05, 3.63) is 41.3 Å². The van der Waals surface area contributed by atoms with E-state index >= 15 is 0 Å². The van der Waals surface area contributed by atoms with Gasteiger partial charge in [-0.1, -0.05) is 5.16 Å². The predicted molar refractivity (Wildman–Crippen MR) is 74.3 cm³/mol. The Balaban J connectivity index is 2.10. The van der Waals surface area contributed by atoms with Gasteiger partial charge in [0.15, 0.2) is 5.84 Å². The van der Waals surface area contributed by atoms with Crippen molar-refractivity contribution in [2.45, 2.75) is 17.7 Å². The molecule has 0 unspecified atom stereocenters. The molecule has 0 amide bonds. The number of hydrogen-bond donors (Lipinski definition) is 2. The van der Waals surface area contributed by atoms with Crippen molar-refractivity contribution in [3.63, 3.8) is 0 Å². The highest BCUT2D eigenvalue weighted by atomic mass is 32.2. The van der Waals surface area contributed by atoms with E-state index in [1.165, 1.54) is 0 Å². The van der Waals surface area contributed by atoms with Crippen molar-refractivity contribution >= 4 is 17.6 Å². The van der Waals surface area contributed by atoms with Crippen LogP contribution in [-0.2, 0) is 12.8 Å². The summed E-state index contributed by atoms with van der Waals surface area (Å²) in [6.45, 7) is 1.97. The lowest BCUT2D eigenvalue weighted by molar-refractivity contribution is 0.318. The van der Waals surface area contributed by atoms with Crippen LogP contribution < -0.4 is 5.73 Å². The van der Waals surface area contributed by atoms with Crippen molar-refractivity contribution in [3.8, 4) is 0 Å². The van der Waals surface area contributed by atoms with Gasteiger partial charge in [-0.05, 0) is 30.7 Å². The molecule has 3 N–H and O–H groups in total. The maximum Gasteiger partial charge on any atom is 0.188 e. The van der Waals surface area contributed by atoms with Gasteiger partial charge in [0, 0.05) is 19.0 Å². The second-order valence-corrected chi connectivity index (χ2v) is 5.07. The van der Waals surface area contributed by atoms with Crippen LogP contribution in [0.3, 0.4) is 0 Å². The van der Waals surface area contributed by atoms with Gasteiger partial charge in [0.2, 0.25) is 0 Å². The highest BCUT2D eigenvalue weighted by Gasteiger charge is 2.05. The molecule has 2 heterocycles. The van der Waals surface area contributed by atoms with E-state index in [1.807, 2.05) is 36.9 Å². The fourth-order valence-corrected chi connectivity index (χ4v) is 2.61. The molecule has 0 aliphatic carbocycles. The van der Waals surface area contributed by atoms with Gasteiger partial charge in [0.25, 0.3) is 0 Å². The van der Waals surface area contributed by atoms with Crippen LogP contribution in [0.25, 0.3) is 0 Å². The van der Waals surface area contributed by atoms with E-state index in [-0.39, 0.29) is 5.84 Å². The monoisotopic (exact) mass is 277 g/mol. The first-order chi connectivity index (χ1) is 9.10. The smallest absolute Gasteiger partial charge is 0.188 e. The summed E-state index contributed by atoms with van der Waals surface area (Å²) in [5, 5.41) is 17.0. The zero-order valence-electron chi connectivity index (χ0n) is 10.7. The quantitative estimate of drug-likeness (QED) is 0.291. The lowest BCUT2D eigenvalue weighted by Crippen LogP contribution is -2.15. The fraction of sp³-hybridized carbons (Fsp3) is 0.250. The third-order valence-electron chi connectivity index (χ3n) is 2.54. The lowest BCUT2D eigenvalue weighted by atomic mass is 10.2. The van der Waals surface area contributed by atoms with Gasteiger partial charge in [-0.15, -0.1) is 11.8 Å². The fourth-order valence-electron chi connectivity index (χ4n) is 1.63. The maximum atomic E-state index is 8.63. The minimum absolute atomic E-state index is 0.0169. The minimum Gasteiger partial charge on any atom is -0.409 e. The molecule has 0 aromatic carbocycles. The van der Waals surface area contributed by atoms with Crippen molar-refractivity contribution in [2.24, 2.45) is 17.9 Å². The molecule has 2 aromatic heterocycles. The van der Waals surface area contributed by atoms with Crippen LogP contribution in [-0.4, -0.2) is 25.8 Å². The molecule has 0 radical (unpaired) electrons. The van der Waals surface area contributed by atoms with Gasteiger partial charge >= 0.3 is 0 Å². The molecule has 0 saturated carbocycles. The first-order valence-corrected chi connectivity index (χ1v) is 6.65. The van der Waals surface area contributed by atoms with Gasteiger partial charge in [0.1, 0.15) is 5.69 Å². The maximum absolute atomic E-state index is 8.63. The number of hydrogen-bond acceptors (Lipinski definition) is 5. The summed E-state index contributed by atoms with van der Waals surface area (Å²) in [5.41, 5.74) is 8.04. The van der Waals surface area contributed by atoms with Crippen LogP contribution in [0.15, 0.2) is 34.6 Å². The summed E-state index contributed by atoms with van der Waals surface area (Å²) in [6.07, 6.45) is 1.65. The molecule has 0 bridgehead atoms. The molecule has 100 valence electrons. The molecule has 7 heteroatoms. The minimum atomic E-state index is 0.0169. The third-order valence-corrected chi connectivity index (χ3v) is 3.70. The highest BCUT2D eigenvalue weighted by molar-refractivity contribution is 7.98. The lowest BCUT2D eigenvalue weighted by Gasteiger charge is -2.04. The van der Waals surface area contributed by atoms with Gasteiger partial charge in [-0.2, -0.15) is 5.10 Å². The molecule has 2 rings (SSSR count). The molecule has 0 spiro atoms. The van der Waals surface area contributed by atoms with Crippen LogP contribution in [0.1, 0.15) is 17.0 Å². The van der Waals surface area contributed by atoms with Crippen molar-refractivity contribution < 1.29 is 5.21 Å². The normalized spacial score (nSPS) is 11.8. The molecule has 19 heavy (non-hydrogen) atoms. The number of aryl methyl sites for hydroxylation is 2. The number of amidine groups is 1. The Morgan fingerprint density at radius 3 is 2.95 bits per heavy atom. The average Bonchev–Trinajstić information content (AvgIpc) is 2.74. The zero-order chi connectivity index (χ0) is 13.8. The van der Waals surface area contributed by atoms with Crippen molar-refractivity contribution in [1.82, 2.24) is 14.8 Å². The molecule has 0 aliphatic heterocycles. The standard InChI is InChI=1S/C12H15N5OS/c1-8-5-11(17(2)15-8)19-7-9-3-4-14-10(6-9)12(13)16-18/h3-6,18H,7H2,1-2H3,(H2,13,16). The molecule has 0 atom stereocenters. The van der Waals surface area contributed by atoms with E-state index in [0.29, 0.717) is 5.69 Å². The zero-order valence-corrected chi connectivity index (χ0v) is 11.6. The van der Waals surface area contributed by atoms with Gasteiger partial charge in [-0.3, -0.25) is 9.67 Å². The Labute approximate surface area is 115 Å². The number of pyridine rings is 1. The van der Waals surface area contributed by atoms with Crippen LogP contribution >= 0.6 is 11.8 Å². The van der Waals surface area contributed by atoms with Crippen molar-refractivity contribution in [2.75, 3.05) is 0 Å². The van der Waals surface area contributed by atoms with Gasteiger partial charge in [0.05, 0.1) is 10.7 Å². The Kier molecular flexibility index (Phi) is 4.06. The second-order valence-electron chi connectivity index (χ2n) is 4.07. The molecular formula is C12H15N5OS. The number of rotatable bonds is 4. The number of aromatic nitrogens is 3. The van der Waals surface area contributed by atoms with Crippen LogP contribution in [0.4, 0.5) is 0 Å². The summed E-state index contributed by atoms with van der Waals surface area (Å²) in [5.74, 6) is 0.788. The number of oxime groups is 1. The van der Waals surface area contributed by atoms with E-state index in [2.05, 4.69) is 15.2 Å². The number of thioether (sulfide) groups is 1. The SMILES string of the molecule is Cc1cc(SCc2ccnc(C(N)=NO)c2)n(C)n1. The summed E-state index contributed by atoms with van der Waals surface area (Å²) < 4.78 is 1.85. The Morgan fingerprint density at radius 2 is 2.32 bits per heavy atom. The Hall–Kier alpha value is -2.02. The third kappa shape index (κ3) is 3.25. The molecule has 0 aliphatic rings. The largest absolute Gasteiger partial charge is 0.409 e. The van der Waals surface area contributed by atoms with E-state index in [1.54, 1.807) is 18.0 Å². The van der Waals surface area contributed by atoms with E-state index < -0.39 is 0 Å². The van der Waals surface area contributed by atoms with Crippen molar-refractivity contribution in [1.29, 1.82) is 0 Å². The molecular weight excluding hydrogens is 262 g/mol. The first kappa shape index (κ1) is 13.4. The van der Waals surface area contributed by atoms with E-state index in [4.69, 9.17) is 10.9 Å². The summed E-state index contributed by atoms with van der Waals surface area (Å²) in [6, 6.07) is 5.76. The molecule has 6 nitrogen and oxygen atoms in total. The molecule has 2 aromatic rings. The first-order valence-electron chi connectivity index (χ1n) is 5.66. The topological polar surface area (TPSA) is 89.3 Å².